The molecule has 2 heterocycles. The molecule has 1 aromatic carbocycles. The minimum Gasteiger partial charge on any atom is -0.497 e. The number of anilines is 1. The Morgan fingerprint density at radius 1 is 1.13 bits per heavy atom. The number of aromatic nitrogens is 4. The van der Waals surface area contributed by atoms with Gasteiger partial charge in [-0.3, -0.25) is 0 Å². The Morgan fingerprint density at radius 2 is 2.04 bits per heavy atom. The van der Waals surface area contributed by atoms with Crippen LogP contribution in [0.4, 0.5) is 5.82 Å². The highest BCUT2D eigenvalue weighted by atomic mass is 16.5. The van der Waals surface area contributed by atoms with Crippen LogP contribution in [0.1, 0.15) is 5.56 Å². The van der Waals surface area contributed by atoms with Gasteiger partial charge in [-0.25, -0.2) is 14.6 Å². The van der Waals surface area contributed by atoms with Crippen molar-refractivity contribution in [3.05, 3.63) is 54.6 Å². The van der Waals surface area contributed by atoms with Crippen molar-refractivity contribution in [3.63, 3.8) is 0 Å². The number of rotatable bonds is 6. The predicted octanol–water partition coefficient (Wildman–Crippen LogP) is 2.29. The van der Waals surface area contributed by atoms with Crippen LogP contribution >= 0.6 is 0 Å². The Morgan fingerprint density at radius 3 is 2.78 bits per heavy atom. The third kappa shape index (κ3) is 3.39. The topological polar surface area (TPSA) is 74.1 Å². The maximum absolute atomic E-state index is 5.39. The summed E-state index contributed by atoms with van der Waals surface area (Å²) < 4.78 is 12.3. The second-order valence-electron chi connectivity index (χ2n) is 4.74. The van der Waals surface area contributed by atoms with Crippen LogP contribution in [0.15, 0.2) is 49.1 Å². The standard InChI is InChI=1S/C16H17N5O2/c1-22-13-5-4-12(14(8-13)23-2)10-17-15-9-16(19-11-18-15)21-7-3-6-20-21/h3-9,11H,10H2,1-2H3,(H,17,18,19). The summed E-state index contributed by atoms with van der Waals surface area (Å²) in [6, 6.07) is 9.39. The first kappa shape index (κ1) is 14.8. The fourth-order valence-corrected chi connectivity index (χ4v) is 2.16. The molecule has 0 aliphatic rings. The maximum Gasteiger partial charge on any atom is 0.158 e. The minimum absolute atomic E-state index is 0.572. The molecule has 0 amide bonds. The monoisotopic (exact) mass is 311 g/mol. The Balaban J connectivity index is 1.75. The Kier molecular flexibility index (Phi) is 4.37. The number of ether oxygens (including phenoxy) is 2. The lowest BCUT2D eigenvalue weighted by atomic mass is 10.2. The van der Waals surface area contributed by atoms with Crippen LogP contribution in [0.25, 0.3) is 5.82 Å². The molecule has 0 aliphatic carbocycles. The van der Waals surface area contributed by atoms with E-state index in [1.54, 1.807) is 25.1 Å². The average Bonchev–Trinajstić information content (AvgIpc) is 3.14. The second kappa shape index (κ2) is 6.78. The van der Waals surface area contributed by atoms with Gasteiger partial charge in [-0.15, -0.1) is 0 Å². The SMILES string of the molecule is COc1ccc(CNc2cc(-n3cccn3)ncn2)c(OC)c1. The van der Waals surface area contributed by atoms with Crippen LogP contribution in [0.2, 0.25) is 0 Å². The van der Waals surface area contributed by atoms with Gasteiger partial charge < -0.3 is 14.8 Å². The van der Waals surface area contributed by atoms with E-state index in [-0.39, 0.29) is 0 Å². The minimum atomic E-state index is 0.572. The van der Waals surface area contributed by atoms with Crippen molar-refractivity contribution in [3.8, 4) is 17.3 Å². The summed E-state index contributed by atoms with van der Waals surface area (Å²) in [7, 11) is 3.27. The first-order valence-corrected chi connectivity index (χ1v) is 7.07. The molecule has 0 unspecified atom stereocenters. The number of hydrogen-bond acceptors (Lipinski definition) is 6. The molecule has 23 heavy (non-hydrogen) atoms. The fraction of sp³-hybridized carbons (Fsp3) is 0.188. The van der Waals surface area contributed by atoms with Crippen molar-refractivity contribution in [1.29, 1.82) is 0 Å². The zero-order valence-electron chi connectivity index (χ0n) is 12.9. The highest BCUT2D eigenvalue weighted by molar-refractivity contribution is 5.45. The third-order valence-corrected chi connectivity index (χ3v) is 3.35. The summed E-state index contributed by atoms with van der Waals surface area (Å²) in [5.41, 5.74) is 1.01. The molecule has 0 aliphatic heterocycles. The van der Waals surface area contributed by atoms with Crippen LogP contribution in [0.3, 0.4) is 0 Å². The van der Waals surface area contributed by atoms with Gasteiger partial charge in [0.25, 0.3) is 0 Å². The zero-order valence-corrected chi connectivity index (χ0v) is 12.9. The van der Waals surface area contributed by atoms with E-state index in [4.69, 9.17) is 9.47 Å². The van der Waals surface area contributed by atoms with Gasteiger partial charge in [-0.2, -0.15) is 5.10 Å². The van der Waals surface area contributed by atoms with Crippen molar-refractivity contribution in [2.45, 2.75) is 6.54 Å². The molecule has 0 atom stereocenters. The van der Waals surface area contributed by atoms with Gasteiger partial charge in [0.2, 0.25) is 0 Å². The molecular weight excluding hydrogens is 294 g/mol. The summed E-state index contributed by atoms with van der Waals surface area (Å²) in [6.07, 6.45) is 5.04. The van der Waals surface area contributed by atoms with Gasteiger partial charge in [0.05, 0.1) is 14.2 Å². The Bertz CT molecular complexity index is 774. The number of benzene rings is 1. The highest BCUT2D eigenvalue weighted by Gasteiger charge is 2.06. The molecule has 0 spiro atoms. The van der Waals surface area contributed by atoms with E-state index in [0.717, 1.165) is 17.1 Å². The molecular formula is C16H17N5O2. The zero-order chi connectivity index (χ0) is 16.1. The molecule has 7 heteroatoms. The molecule has 0 saturated heterocycles. The van der Waals surface area contributed by atoms with Gasteiger partial charge >= 0.3 is 0 Å². The summed E-state index contributed by atoms with van der Waals surface area (Å²) in [4.78, 5) is 8.43. The number of hydrogen-bond donors (Lipinski definition) is 1. The summed E-state index contributed by atoms with van der Waals surface area (Å²) >= 11 is 0. The number of methoxy groups -OCH3 is 2. The lowest BCUT2D eigenvalue weighted by molar-refractivity contribution is 0.391. The largest absolute Gasteiger partial charge is 0.497 e. The number of nitrogens with one attached hydrogen (secondary N) is 1. The van der Waals surface area contributed by atoms with Crippen molar-refractivity contribution >= 4 is 5.82 Å². The van der Waals surface area contributed by atoms with Gasteiger partial charge in [-0.05, 0) is 18.2 Å². The average molecular weight is 311 g/mol. The van der Waals surface area contributed by atoms with Crippen LogP contribution in [0, 0.1) is 0 Å². The first-order valence-electron chi connectivity index (χ1n) is 7.07. The molecule has 0 radical (unpaired) electrons. The molecule has 0 fully saturated rings. The van der Waals surface area contributed by atoms with E-state index < -0.39 is 0 Å². The first-order chi connectivity index (χ1) is 11.3. The van der Waals surface area contributed by atoms with E-state index in [2.05, 4.69) is 20.4 Å². The van der Waals surface area contributed by atoms with Gasteiger partial charge in [0, 0.05) is 36.6 Å². The van der Waals surface area contributed by atoms with Gasteiger partial charge in [0.1, 0.15) is 23.6 Å². The molecule has 7 nitrogen and oxygen atoms in total. The number of nitrogens with zero attached hydrogens (tertiary/aromatic N) is 4. The molecule has 118 valence electrons. The quantitative estimate of drug-likeness (QED) is 0.753. The van der Waals surface area contributed by atoms with Crippen molar-refractivity contribution in [2.24, 2.45) is 0 Å². The van der Waals surface area contributed by atoms with Crippen molar-refractivity contribution < 1.29 is 9.47 Å². The lowest BCUT2D eigenvalue weighted by Gasteiger charge is -2.12. The van der Waals surface area contributed by atoms with E-state index in [1.165, 1.54) is 6.33 Å². The van der Waals surface area contributed by atoms with Gasteiger partial charge in [0.15, 0.2) is 5.82 Å². The highest BCUT2D eigenvalue weighted by Crippen LogP contribution is 2.25. The molecule has 0 bridgehead atoms. The van der Waals surface area contributed by atoms with E-state index in [1.807, 2.05) is 36.5 Å². The summed E-state index contributed by atoms with van der Waals surface area (Å²) in [5, 5.41) is 7.42. The lowest BCUT2D eigenvalue weighted by Crippen LogP contribution is -2.06. The molecule has 3 aromatic rings. The normalized spacial score (nSPS) is 10.3. The van der Waals surface area contributed by atoms with Gasteiger partial charge in [-0.1, -0.05) is 0 Å². The van der Waals surface area contributed by atoms with Crippen LogP contribution in [-0.2, 0) is 6.54 Å². The van der Waals surface area contributed by atoms with Crippen LogP contribution in [0.5, 0.6) is 11.5 Å². The third-order valence-electron chi connectivity index (χ3n) is 3.35. The summed E-state index contributed by atoms with van der Waals surface area (Å²) in [5.74, 6) is 2.93. The molecule has 0 saturated carbocycles. The van der Waals surface area contributed by atoms with E-state index in [9.17, 15) is 0 Å². The Hall–Kier alpha value is -3.09. The maximum atomic E-state index is 5.39. The predicted molar refractivity (Wildman–Crippen MR) is 86.0 cm³/mol. The van der Waals surface area contributed by atoms with Crippen molar-refractivity contribution in [1.82, 2.24) is 19.7 Å². The summed E-state index contributed by atoms with van der Waals surface area (Å²) in [6.45, 7) is 0.572. The second-order valence-corrected chi connectivity index (χ2v) is 4.74. The molecule has 2 aromatic heterocycles. The molecule has 1 N–H and O–H groups in total. The molecule has 3 rings (SSSR count). The van der Waals surface area contributed by atoms with Crippen LogP contribution < -0.4 is 14.8 Å². The fourth-order valence-electron chi connectivity index (χ4n) is 2.16. The van der Waals surface area contributed by atoms with E-state index >= 15 is 0 Å². The van der Waals surface area contributed by atoms with E-state index in [0.29, 0.717) is 18.2 Å². The van der Waals surface area contributed by atoms with Crippen molar-refractivity contribution in [2.75, 3.05) is 19.5 Å². The smallest absolute Gasteiger partial charge is 0.158 e. The Labute approximate surface area is 133 Å². The van der Waals surface area contributed by atoms with Crippen LogP contribution in [-0.4, -0.2) is 34.0 Å².